The van der Waals surface area contributed by atoms with Gasteiger partial charge in [-0.2, -0.15) is 0 Å². The number of amides is 2. The van der Waals surface area contributed by atoms with Crippen molar-refractivity contribution in [3.63, 3.8) is 0 Å². The van der Waals surface area contributed by atoms with Crippen molar-refractivity contribution in [1.82, 2.24) is 10.2 Å². The first-order chi connectivity index (χ1) is 11.1. The van der Waals surface area contributed by atoms with Crippen molar-refractivity contribution >= 4 is 6.03 Å². The second-order valence-corrected chi connectivity index (χ2v) is 6.74. The fraction of sp³-hybridized carbons (Fsp3) is 0.611. The third kappa shape index (κ3) is 4.09. The van der Waals surface area contributed by atoms with E-state index >= 15 is 0 Å². The maximum absolute atomic E-state index is 12.3. The van der Waals surface area contributed by atoms with Crippen molar-refractivity contribution < 1.29 is 14.3 Å². The summed E-state index contributed by atoms with van der Waals surface area (Å²) in [7, 11) is 1.83. The first kappa shape index (κ1) is 16.0. The Morgan fingerprint density at radius 2 is 1.87 bits per heavy atom. The Morgan fingerprint density at radius 3 is 2.61 bits per heavy atom. The van der Waals surface area contributed by atoms with E-state index < -0.39 is 0 Å². The number of hydrogen-bond acceptors (Lipinski definition) is 3. The molecule has 5 nitrogen and oxygen atoms in total. The van der Waals surface area contributed by atoms with E-state index in [1.165, 1.54) is 12.8 Å². The average Bonchev–Trinajstić information content (AvgIpc) is 2.56. The van der Waals surface area contributed by atoms with Gasteiger partial charge in [0.25, 0.3) is 0 Å². The van der Waals surface area contributed by atoms with Crippen molar-refractivity contribution in [2.24, 2.45) is 5.92 Å². The molecule has 23 heavy (non-hydrogen) atoms. The van der Waals surface area contributed by atoms with Crippen molar-refractivity contribution in [2.75, 3.05) is 20.3 Å². The number of urea groups is 1. The summed E-state index contributed by atoms with van der Waals surface area (Å²) in [5.74, 6) is 2.34. The molecule has 1 aromatic rings. The van der Waals surface area contributed by atoms with Gasteiger partial charge in [0, 0.05) is 19.6 Å². The molecule has 1 aliphatic heterocycles. The summed E-state index contributed by atoms with van der Waals surface area (Å²) in [6.45, 7) is 4.01. The Balaban J connectivity index is 1.54. The maximum atomic E-state index is 12.3. The number of hydrogen-bond donors (Lipinski definition) is 1. The molecule has 1 heterocycles. The zero-order valence-electron chi connectivity index (χ0n) is 14.0. The number of carbonyl (C=O) groups excluding carboxylic acids is 1. The van der Waals surface area contributed by atoms with E-state index in [1.54, 1.807) is 4.90 Å². The largest absolute Gasteiger partial charge is 0.486 e. The topological polar surface area (TPSA) is 50.8 Å². The summed E-state index contributed by atoms with van der Waals surface area (Å²) >= 11 is 0. The van der Waals surface area contributed by atoms with Crippen LogP contribution >= 0.6 is 0 Å². The number of rotatable bonds is 3. The van der Waals surface area contributed by atoms with E-state index in [9.17, 15) is 4.79 Å². The molecule has 0 bridgehead atoms. The Hall–Kier alpha value is -1.91. The number of nitrogens with zero attached hydrogens (tertiary/aromatic N) is 1. The number of fused-ring (bicyclic) bond motifs is 1. The minimum absolute atomic E-state index is 0.000517. The summed E-state index contributed by atoms with van der Waals surface area (Å²) in [6.07, 6.45) is 4.59. The molecule has 5 heteroatoms. The lowest BCUT2D eigenvalue weighted by molar-refractivity contribution is 0.171. The Kier molecular flexibility index (Phi) is 4.94. The second-order valence-electron chi connectivity index (χ2n) is 6.74. The highest BCUT2D eigenvalue weighted by molar-refractivity contribution is 5.74. The first-order valence-electron chi connectivity index (χ1n) is 8.52. The SMILES string of the molecule is CC1CCC(NC(=O)N(C)Cc2ccc3c(c2)OCCO3)CC1. The molecule has 1 saturated carbocycles. The zero-order valence-corrected chi connectivity index (χ0v) is 14.0. The van der Waals surface area contributed by atoms with Crippen molar-refractivity contribution in [2.45, 2.75) is 45.2 Å². The summed E-state index contributed by atoms with van der Waals surface area (Å²) in [5, 5.41) is 3.15. The fourth-order valence-electron chi connectivity index (χ4n) is 3.22. The number of carbonyl (C=O) groups is 1. The first-order valence-corrected chi connectivity index (χ1v) is 8.52. The highest BCUT2D eigenvalue weighted by atomic mass is 16.6. The molecule has 2 aliphatic rings. The number of nitrogens with one attached hydrogen (secondary N) is 1. The predicted molar refractivity (Wildman–Crippen MR) is 88.9 cm³/mol. The molecule has 0 saturated heterocycles. The van der Waals surface area contributed by atoms with Gasteiger partial charge in [0.05, 0.1) is 0 Å². The lowest BCUT2D eigenvalue weighted by Gasteiger charge is -2.29. The smallest absolute Gasteiger partial charge is 0.317 e. The summed E-state index contributed by atoms with van der Waals surface area (Å²) in [6, 6.07) is 6.18. The number of ether oxygens (including phenoxy) is 2. The van der Waals surface area contributed by atoms with Crippen LogP contribution in [0.1, 0.15) is 38.2 Å². The summed E-state index contributed by atoms with van der Waals surface area (Å²) in [5.41, 5.74) is 1.05. The van der Waals surface area contributed by atoms with Gasteiger partial charge in [-0.3, -0.25) is 0 Å². The van der Waals surface area contributed by atoms with Crippen LogP contribution in [0.15, 0.2) is 18.2 Å². The van der Waals surface area contributed by atoms with E-state index in [0.717, 1.165) is 35.8 Å². The molecule has 3 rings (SSSR count). The highest BCUT2D eigenvalue weighted by Gasteiger charge is 2.21. The molecule has 1 fully saturated rings. The molecule has 0 radical (unpaired) electrons. The van der Waals surface area contributed by atoms with Gasteiger partial charge in [-0.05, 0) is 49.3 Å². The van der Waals surface area contributed by atoms with Gasteiger partial charge in [-0.1, -0.05) is 13.0 Å². The van der Waals surface area contributed by atoms with E-state index in [4.69, 9.17) is 9.47 Å². The second kappa shape index (κ2) is 7.11. The van der Waals surface area contributed by atoms with Crippen LogP contribution in [0.5, 0.6) is 11.5 Å². The average molecular weight is 318 g/mol. The van der Waals surface area contributed by atoms with E-state index in [-0.39, 0.29) is 6.03 Å². The maximum Gasteiger partial charge on any atom is 0.317 e. The lowest BCUT2D eigenvalue weighted by Crippen LogP contribution is -2.44. The van der Waals surface area contributed by atoms with Crippen LogP contribution in [0.4, 0.5) is 4.79 Å². The molecule has 126 valence electrons. The third-order valence-electron chi connectivity index (χ3n) is 4.72. The molecule has 1 aromatic carbocycles. The molecule has 1 aliphatic carbocycles. The van der Waals surface area contributed by atoms with Crippen LogP contribution in [0, 0.1) is 5.92 Å². The van der Waals surface area contributed by atoms with Gasteiger partial charge in [-0.25, -0.2) is 4.79 Å². The van der Waals surface area contributed by atoms with Gasteiger partial charge in [0.15, 0.2) is 11.5 Å². The van der Waals surface area contributed by atoms with Gasteiger partial charge < -0.3 is 19.7 Å². The molecule has 1 N–H and O–H groups in total. The normalized spacial score (nSPS) is 23.2. The standard InChI is InChI=1S/C18H26N2O3/c1-13-3-6-15(7-4-13)19-18(21)20(2)12-14-5-8-16-17(11-14)23-10-9-22-16/h5,8,11,13,15H,3-4,6-7,9-10,12H2,1-2H3,(H,19,21). The van der Waals surface area contributed by atoms with E-state index in [1.807, 2.05) is 25.2 Å². The van der Waals surface area contributed by atoms with Gasteiger partial charge in [-0.15, -0.1) is 0 Å². The van der Waals surface area contributed by atoms with Crippen LogP contribution < -0.4 is 14.8 Å². The monoisotopic (exact) mass is 318 g/mol. The molecular weight excluding hydrogens is 292 g/mol. The minimum Gasteiger partial charge on any atom is -0.486 e. The molecule has 0 spiro atoms. The van der Waals surface area contributed by atoms with E-state index in [0.29, 0.717) is 25.8 Å². The van der Waals surface area contributed by atoms with Crippen LogP contribution in [0.25, 0.3) is 0 Å². The van der Waals surface area contributed by atoms with Crippen LogP contribution in [0.3, 0.4) is 0 Å². The molecule has 0 atom stereocenters. The Bertz CT molecular complexity index is 553. The Labute approximate surface area is 137 Å². The molecule has 2 amide bonds. The number of benzene rings is 1. The minimum atomic E-state index is -0.000517. The highest BCUT2D eigenvalue weighted by Crippen LogP contribution is 2.31. The fourth-order valence-corrected chi connectivity index (χ4v) is 3.22. The quantitative estimate of drug-likeness (QED) is 0.931. The van der Waals surface area contributed by atoms with Crippen molar-refractivity contribution in [3.05, 3.63) is 23.8 Å². The van der Waals surface area contributed by atoms with Crippen molar-refractivity contribution in [3.8, 4) is 11.5 Å². The van der Waals surface area contributed by atoms with Crippen LogP contribution in [0.2, 0.25) is 0 Å². The van der Waals surface area contributed by atoms with Gasteiger partial charge in [0.2, 0.25) is 0 Å². The molecule has 0 unspecified atom stereocenters. The Morgan fingerprint density at radius 1 is 1.17 bits per heavy atom. The van der Waals surface area contributed by atoms with Gasteiger partial charge >= 0.3 is 6.03 Å². The predicted octanol–water partition coefficient (Wildman–Crippen LogP) is 3.18. The molecule has 0 aromatic heterocycles. The van der Waals surface area contributed by atoms with Gasteiger partial charge in [0.1, 0.15) is 13.2 Å². The molecular formula is C18H26N2O3. The third-order valence-corrected chi connectivity index (χ3v) is 4.72. The summed E-state index contributed by atoms with van der Waals surface area (Å²) in [4.78, 5) is 14.1. The van der Waals surface area contributed by atoms with E-state index in [2.05, 4.69) is 12.2 Å². The van der Waals surface area contributed by atoms with Crippen LogP contribution in [-0.2, 0) is 6.54 Å². The van der Waals surface area contributed by atoms with Crippen LogP contribution in [-0.4, -0.2) is 37.2 Å². The zero-order chi connectivity index (χ0) is 16.2. The lowest BCUT2D eigenvalue weighted by atomic mass is 9.87. The summed E-state index contributed by atoms with van der Waals surface area (Å²) < 4.78 is 11.1. The van der Waals surface area contributed by atoms with Crippen molar-refractivity contribution in [1.29, 1.82) is 0 Å².